The van der Waals surface area contributed by atoms with Crippen LogP contribution in [0.1, 0.15) is 58.9 Å². The SMILES string of the molecule is C[C@@H]1C2N(C(=O)CNC(=O)c3ccc4c(c3)Oc3ccccc3S4)[C@H](C(=O)N[C@H](C)c3cc4c(s3)CNCC4)C[C@]21C. The van der Waals surface area contributed by atoms with E-state index in [4.69, 9.17) is 4.74 Å². The van der Waals surface area contributed by atoms with Gasteiger partial charge in [0.25, 0.3) is 5.91 Å². The Morgan fingerprint density at radius 2 is 1.95 bits per heavy atom. The minimum atomic E-state index is -0.548. The lowest BCUT2D eigenvalue weighted by atomic mass is 9.98. The van der Waals surface area contributed by atoms with Crippen LogP contribution in [0, 0.1) is 11.3 Å². The molecule has 8 nitrogen and oxygen atoms in total. The summed E-state index contributed by atoms with van der Waals surface area (Å²) in [4.78, 5) is 46.4. The first-order chi connectivity index (χ1) is 20.2. The third-order valence-corrected chi connectivity index (χ3v) is 11.9. The van der Waals surface area contributed by atoms with Crippen LogP contribution < -0.4 is 20.7 Å². The molecule has 3 amide bonds. The van der Waals surface area contributed by atoms with E-state index in [0.717, 1.165) is 39.9 Å². The highest BCUT2D eigenvalue weighted by atomic mass is 32.2. The second kappa shape index (κ2) is 10.4. The number of piperidine rings is 1. The van der Waals surface area contributed by atoms with Crippen molar-refractivity contribution < 1.29 is 19.1 Å². The zero-order valence-corrected chi connectivity index (χ0v) is 25.5. The van der Waals surface area contributed by atoms with E-state index in [1.807, 2.05) is 37.3 Å². The minimum Gasteiger partial charge on any atom is -0.455 e. The summed E-state index contributed by atoms with van der Waals surface area (Å²) in [5.41, 5.74) is 1.70. The number of benzene rings is 2. The molecular formula is C32H34N4O4S2. The van der Waals surface area contributed by atoms with Gasteiger partial charge in [-0.05, 0) is 79.6 Å². The topological polar surface area (TPSA) is 99.8 Å². The van der Waals surface area contributed by atoms with E-state index in [0.29, 0.717) is 23.7 Å². The van der Waals surface area contributed by atoms with Crippen LogP contribution in [0.4, 0.5) is 0 Å². The third kappa shape index (κ3) is 4.69. The Morgan fingerprint density at radius 1 is 1.14 bits per heavy atom. The molecule has 4 aliphatic rings. The number of ether oxygens (including phenoxy) is 1. The average Bonchev–Trinajstić information content (AvgIpc) is 3.31. The number of hydrogen-bond donors (Lipinski definition) is 3. The maximum atomic E-state index is 13.6. The van der Waals surface area contributed by atoms with Gasteiger partial charge in [-0.1, -0.05) is 37.7 Å². The number of nitrogens with one attached hydrogen (secondary N) is 3. The summed E-state index contributed by atoms with van der Waals surface area (Å²) >= 11 is 3.34. The van der Waals surface area contributed by atoms with Gasteiger partial charge >= 0.3 is 0 Å². The number of nitrogens with zero attached hydrogens (tertiary/aromatic N) is 1. The van der Waals surface area contributed by atoms with Crippen LogP contribution in [0.25, 0.3) is 0 Å². The molecule has 0 radical (unpaired) electrons. The van der Waals surface area contributed by atoms with Crippen molar-refractivity contribution in [3.63, 3.8) is 0 Å². The number of hydrogen-bond acceptors (Lipinski definition) is 7. The summed E-state index contributed by atoms with van der Waals surface area (Å²) in [5.74, 6) is 0.979. The number of fused-ring (bicyclic) bond motifs is 4. The van der Waals surface area contributed by atoms with E-state index in [2.05, 4.69) is 35.9 Å². The van der Waals surface area contributed by atoms with Crippen molar-refractivity contribution in [2.45, 2.75) is 68.1 Å². The molecule has 3 aliphatic heterocycles. The summed E-state index contributed by atoms with van der Waals surface area (Å²) in [5, 5.41) is 9.38. The van der Waals surface area contributed by atoms with Gasteiger partial charge in [0.1, 0.15) is 17.5 Å². The molecule has 218 valence electrons. The van der Waals surface area contributed by atoms with Crippen LogP contribution in [-0.4, -0.2) is 47.8 Å². The maximum absolute atomic E-state index is 13.6. The molecule has 42 heavy (non-hydrogen) atoms. The molecule has 1 aliphatic carbocycles. The molecule has 5 atom stereocenters. The largest absolute Gasteiger partial charge is 0.455 e. The highest BCUT2D eigenvalue weighted by Gasteiger charge is 2.69. The first-order valence-electron chi connectivity index (χ1n) is 14.5. The summed E-state index contributed by atoms with van der Waals surface area (Å²) in [6.45, 7) is 7.98. The van der Waals surface area contributed by atoms with Crippen LogP contribution in [0.5, 0.6) is 11.5 Å². The van der Waals surface area contributed by atoms with E-state index in [-0.39, 0.29) is 41.8 Å². The van der Waals surface area contributed by atoms with Crippen molar-refractivity contribution in [3.8, 4) is 11.5 Å². The second-order valence-corrected chi connectivity index (χ2v) is 14.3. The summed E-state index contributed by atoms with van der Waals surface area (Å²) in [6.07, 6.45) is 1.63. The van der Waals surface area contributed by atoms with E-state index >= 15 is 0 Å². The van der Waals surface area contributed by atoms with Crippen molar-refractivity contribution in [2.24, 2.45) is 11.3 Å². The number of carbonyl (C=O) groups is 3. The van der Waals surface area contributed by atoms with Crippen LogP contribution in [0.15, 0.2) is 58.3 Å². The van der Waals surface area contributed by atoms with Gasteiger partial charge in [-0.2, -0.15) is 0 Å². The standard InChI is InChI=1S/C32H34N4O4S2/c1-17-29-32(17,3)14-21(31(39)35-18(2)26-13-19-10-11-33-15-27(19)42-26)36(29)28(37)16-34-30(38)20-8-9-25-23(12-20)40-22-6-4-5-7-24(22)41-25/h4-9,12-13,17-18,21,29,33H,10-11,14-16H2,1-3H3,(H,34,38)(H,35,39)/t17-,18-,21+,29?,32+/m1/s1. The van der Waals surface area contributed by atoms with Gasteiger partial charge in [-0.15, -0.1) is 11.3 Å². The van der Waals surface area contributed by atoms with Crippen LogP contribution in [0.2, 0.25) is 0 Å². The van der Waals surface area contributed by atoms with E-state index in [1.165, 1.54) is 10.4 Å². The Kier molecular flexibility index (Phi) is 6.83. The molecule has 3 aromatic rings. The van der Waals surface area contributed by atoms with Crippen molar-refractivity contribution >= 4 is 40.8 Å². The molecule has 2 aromatic carbocycles. The van der Waals surface area contributed by atoms with E-state index < -0.39 is 6.04 Å². The summed E-state index contributed by atoms with van der Waals surface area (Å²) in [7, 11) is 0. The Bertz CT molecular complexity index is 1580. The van der Waals surface area contributed by atoms with Crippen LogP contribution >= 0.6 is 23.1 Å². The normalized spacial score (nSPS) is 25.7. The molecule has 0 spiro atoms. The predicted octanol–water partition coefficient (Wildman–Crippen LogP) is 4.88. The van der Waals surface area contributed by atoms with Gasteiger partial charge in [0, 0.05) is 27.9 Å². The fraction of sp³-hybridized carbons (Fsp3) is 0.406. The monoisotopic (exact) mass is 602 g/mol. The number of likely N-dealkylation sites (tertiary alicyclic amines) is 1. The predicted molar refractivity (Wildman–Crippen MR) is 162 cm³/mol. The van der Waals surface area contributed by atoms with E-state index in [9.17, 15) is 14.4 Å². The van der Waals surface area contributed by atoms with Gasteiger partial charge < -0.3 is 25.6 Å². The molecule has 3 N–H and O–H groups in total. The van der Waals surface area contributed by atoms with Crippen molar-refractivity contribution in [2.75, 3.05) is 13.1 Å². The molecule has 1 unspecified atom stereocenters. The lowest BCUT2D eigenvalue weighted by molar-refractivity contribution is -0.139. The van der Waals surface area contributed by atoms with Gasteiger partial charge in [0.2, 0.25) is 11.8 Å². The lowest BCUT2D eigenvalue weighted by Gasteiger charge is -2.29. The van der Waals surface area contributed by atoms with Gasteiger partial charge in [-0.25, -0.2) is 0 Å². The Balaban J connectivity index is 1.01. The lowest BCUT2D eigenvalue weighted by Crippen LogP contribution is -2.51. The fourth-order valence-electron chi connectivity index (χ4n) is 6.78. The van der Waals surface area contributed by atoms with Crippen LogP contribution in [-0.2, 0) is 22.6 Å². The number of amides is 3. The number of thiophene rings is 1. The van der Waals surface area contributed by atoms with Gasteiger partial charge in [0.15, 0.2) is 0 Å². The number of para-hydroxylation sites is 1. The quantitative estimate of drug-likeness (QED) is 0.291. The highest BCUT2D eigenvalue weighted by molar-refractivity contribution is 7.99. The van der Waals surface area contributed by atoms with Crippen molar-refractivity contribution in [3.05, 3.63) is 69.4 Å². The van der Waals surface area contributed by atoms with Gasteiger partial charge in [0.05, 0.1) is 22.4 Å². The molecule has 0 bridgehead atoms. The van der Waals surface area contributed by atoms with Gasteiger partial charge in [-0.3, -0.25) is 14.4 Å². The zero-order valence-electron chi connectivity index (χ0n) is 23.9. The molecule has 1 saturated carbocycles. The third-order valence-electron chi connectivity index (χ3n) is 9.39. The summed E-state index contributed by atoms with van der Waals surface area (Å²) < 4.78 is 6.02. The summed E-state index contributed by atoms with van der Waals surface area (Å²) in [6, 6.07) is 14.6. The average molecular weight is 603 g/mol. The zero-order chi connectivity index (χ0) is 29.2. The van der Waals surface area contributed by atoms with E-state index in [1.54, 1.807) is 40.1 Å². The Morgan fingerprint density at radius 3 is 2.79 bits per heavy atom. The number of carbonyl (C=O) groups excluding carboxylic acids is 3. The molecule has 1 aromatic heterocycles. The molecule has 1 saturated heterocycles. The smallest absolute Gasteiger partial charge is 0.251 e. The molecule has 2 fully saturated rings. The first kappa shape index (κ1) is 27.5. The minimum absolute atomic E-state index is 0.00215. The number of rotatable bonds is 6. The van der Waals surface area contributed by atoms with Crippen LogP contribution in [0.3, 0.4) is 0 Å². The van der Waals surface area contributed by atoms with Crippen molar-refractivity contribution in [1.82, 2.24) is 20.9 Å². The molecule has 7 rings (SSSR count). The first-order valence-corrected chi connectivity index (χ1v) is 16.2. The second-order valence-electron chi connectivity index (χ2n) is 12.0. The maximum Gasteiger partial charge on any atom is 0.251 e. The Hall–Kier alpha value is -3.34. The molecular weight excluding hydrogens is 569 g/mol. The Labute approximate surface area is 253 Å². The van der Waals surface area contributed by atoms with Crippen molar-refractivity contribution in [1.29, 1.82) is 0 Å². The fourth-order valence-corrected chi connectivity index (χ4v) is 8.90. The molecule has 10 heteroatoms. The highest BCUT2D eigenvalue weighted by Crippen LogP contribution is 2.63. The molecule has 4 heterocycles.